The molecule has 2 N–H and O–H groups in total. The summed E-state index contributed by atoms with van der Waals surface area (Å²) in [4.78, 5) is 0. The number of halogens is 1. The van der Waals surface area contributed by atoms with Gasteiger partial charge in [-0.3, -0.25) is 0 Å². The van der Waals surface area contributed by atoms with E-state index in [9.17, 15) is 0 Å². The lowest BCUT2D eigenvalue weighted by Gasteiger charge is -2.26. The zero-order valence-corrected chi connectivity index (χ0v) is 7.29. The average Bonchev–Trinajstić information content (AvgIpc) is 2.04. The maximum absolute atomic E-state index is 5.87. The van der Waals surface area contributed by atoms with Gasteiger partial charge in [0.2, 0.25) is 0 Å². The van der Waals surface area contributed by atoms with Crippen molar-refractivity contribution in [2.24, 2.45) is 5.73 Å². The van der Waals surface area contributed by atoms with Crippen molar-refractivity contribution in [3.05, 3.63) is 29.8 Å². The molecule has 0 fully saturated rings. The van der Waals surface area contributed by atoms with Gasteiger partial charge in [0.05, 0.1) is 0 Å². The summed E-state index contributed by atoms with van der Waals surface area (Å²) < 4.78 is 5.39. The molecule has 2 rings (SSSR count). The van der Waals surface area contributed by atoms with Gasteiger partial charge in [0.25, 0.3) is 0 Å². The van der Waals surface area contributed by atoms with E-state index in [2.05, 4.69) is 0 Å². The number of hydrogen-bond acceptors (Lipinski definition) is 2. The van der Waals surface area contributed by atoms with Gasteiger partial charge in [-0.1, -0.05) is 29.8 Å². The van der Waals surface area contributed by atoms with Gasteiger partial charge in [0, 0.05) is 18.0 Å². The highest BCUT2D eigenvalue weighted by Crippen LogP contribution is 2.33. The fraction of sp³-hybridized carbons (Fsp3) is 0.333. The number of fused-ring (bicyclic) bond motifs is 1. The van der Waals surface area contributed by atoms with E-state index < -0.39 is 0 Å². The summed E-state index contributed by atoms with van der Waals surface area (Å²) in [7, 11) is 0. The van der Waals surface area contributed by atoms with Gasteiger partial charge in [-0.05, 0) is 6.07 Å². The highest BCUT2D eigenvalue weighted by atomic mass is 35.5. The molecule has 1 aromatic carbocycles. The van der Waals surface area contributed by atoms with E-state index in [0.29, 0.717) is 6.42 Å². The number of hydrogen-bond donors (Lipinski definition) is 1. The third kappa shape index (κ3) is 1.28. The van der Waals surface area contributed by atoms with Gasteiger partial charge in [0.1, 0.15) is 5.75 Å². The van der Waals surface area contributed by atoms with Crippen molar-refractivity contribution in [2.75, 3.05) is 0 Å². The third-order valence-electron chi connectivity index (χ3n) is 2.01. The second-order valence-electron chi connectivity index (χ2n) is 2.91. The standard InChI is InChI=1S/C9H10ClNO/c10-9-5-7(11)6-3-1-2-4-8(6)12-9/h1-4,7,9H,5,11H2/t7-,9+/m1/s1. The Morgan fingerprint density at radius 1 is 1.42 bits per heavy atom. The molecule has 0 bridgehead atoms. The molecule has 2 atom stereocenters. The summed E-state index contributed by atoms with van der Waals surface area (Å²) in [6, 6.07) is 7.75. The van der Waals surface area contributed by atoms with Crippen molar-refractivity contribution in [2.45, 2.75) is 18.0 Å². The Kier molecular flexibility index (Phi) is 1.95. The second-order valence-corrected chi connectivity index (χ2v) is 3.39. The predicted molar refractivity (Wildman–Crippen MR) is 48.3 cm³/mol. The Morgan fingerprint density at radius 2 is 2.17 bits per heavy atom. The van der Waals surface area contributed by atoms with Crippen LogP contribution in [0.25, 0.3) is 0 Å². The van der Waals surface area contributed by atoms with E-state index in [4.69, 9.17) is 22.1 Å². The van der Waals surface area contributed by atoms with Crippen LogP contribution >= 0.6 is 11.6 Å². The molecule has 2 nitrogen and oxygen atoms in total. The summed E-state index contributed by atoms with van der Waals surface area (Å²) in [5.41, 5.74) is 6.64. The van der Waals surface area contributed by atoms with Crippen molar-refractivity contribution >= 4 is 11.6 Å². The van der Waals surface area contributed by atoms with Gasteiger partial charge >= 0.3 is 0 Å². The van der Waals surface area contributed by atoms with Crippen molar-refractivity contribution in [3.63, 3.8) is 0 Å². The summed E-state index contributed by atoms with van der Waals surface area (Å²) in [5.74, 6) is 0.816. The Balaban J connectivity index is 2.40. The summed E-state index contributed by atoms with van der Waals surface area (Å²) in [5, 5.41) is 0. The minimum absolute atomic E-state index is 0.0115. The molecule has 3 heteroatoms. The average molecular weight is 184 g/mol. The number of rotatable bonds is 0. The first-order valence-electron chi connectivity index (χ1n) is 3.92. The largest absolute Gasteiger partial charge is 0.474 e. The molecular weight excluding hydrogens is 174 g/mol. The number of para-hydroxylation sites is 1. The first kappa shape index (κ1) is 7.90. The lowest BCUT2D eigenvalue weighted by molar-refractivity contribution is 0.231. The molecule has 0 saturated heterocycles. The van der Waals surface area contributed by atoms with Crippen LogP contribution in [0.3, 0.4) is 0 Å². The molecular formula is C9H10ClNO. The fourth-order valence-electron chi connectivity index (χ4n) is 1.41. The lowest BCUT2D eigenvalue weighted by atomic mass is 10.0. The molecule has 12 heavy (non-hydrogen) atoms. The lowest BCUT2D eigenvalue weighted by Crippen LogP contribution is -2.25. The number of ether oxygens (including phenoxy) is 1. The zero-order valence-electron chi connectivity index (χ0n) is 6.53. The van der Waals surface area contributed by atoms with Crippen molar-refractivity contribution in [3.8, 4) is 5.75 Å². The quantitative estimate of drug-likeness (QED) is 0.625. The van der Waals surface area contributed by atoms with Crippen LogP contribution in [0.2, 0.25) is 0 Å². The smallest absolute Gasteiger partial charge is 0.174 e. The van der Waals surface area contributed by atoms with Crippen LogP contribution in [0.15, 0.2) is 24.3 Å². The molecule has 1 aliphatic heterocycles. The van der Waals surface area contributed by atoms with Gasteiger partial charge < -0.3 is 10.5 Å². The highest BCUT2D eigenvalue weighted by Gasteiger charge is 2.23. The van der Waals surface area contributed by atoms with E-state index >= 15 is 0 Å². The normalized spacial score (nSPS) is 27.5. The number of benzene rings is 1. The minimum atomic E-state index is -0.283. The van der Waals surface area contributed by atoms with Crippen LogP contribution in [0, 0.1) is 0 Å². The molecule has 0 radical (unpaired) electrons. The number of alkyl halides is 1. The van der Waals surface area contributed by atoms with E-state index in [1.807, 2.05) is 24.3 Å². The van der Waals surface area contributed by atoms with Crippen molar-refractivity contribution in [1.82, 2.24) is 0 Å². The number of nitrogens with two attached hydrogens (primary N) is 1. The Labute approximate surface area is 76.3 Å². The summed E-state index contributed by atoms with van der Waals surface area (Å²) in [6.45, 7) is 0. The third-order valence-corrected chi connectivity index (χ3v) is 2.28. The van der Waals surface area contributed by atoms with Crippen LogP contribution in [0.1, 0.15) is 18.0 Å². The Bertz CT molecular complexity index is 290. The Morgan fingerprint density at radius 3 is 3.00 bits per heavy atom. The highest BCUT2D eigenvalue weighted by molar-refractivity contribution is 6.20. The molecule has 0 unspecified atom stereocenters. The summed E-state index contributed by atoms with van der Waals surface area (Å²) >= 11 is 5.84. The van der Waals surface area contributed by atoms with Gasteiger partial charge in [0.15, 0.2) is 5.56 Å². The van der Waals surface area contributed by atoms with Crippen LogP contribution in [-0.2, 0) is 0 Å². The van der Waals surface area contributed by atoms with Gasteiger partial charge in [-0.25, -0.2) is 0 Å². The minimum Gasteiger partial charge on any atom is -0.474 e. The molecule has 64 valence electrons. The van der Waals surface area contributed by atoms with Crippen LogP contribution in [-0.4, -0.2) is 5.56 Å². The molecule has 0 saturated carbocycles. The van der Waals surface area contributed by atoms with Crippen LogP contribution < -0.4 is 10.5 Å². The van der Waals surface area contributed by atoms with E-state index in [1.54, 1.807) is 0 Å². The molecule has 1 aliphatic rings. The zero-order chi connectivity index (χ0) is 8.55. The fourth-order valence-corrected chi connectivity index (χ4v) is 1.69. The molecule has 0 aliphatic carbocycles. The molecule has 0 spiro atoms. The first-order chi connectivity index (χ1) is 5.77. The first-order valence-corrected chi connectivity index (χ1v) is 4.36. The molecule has 1 aromatic rings. The molecule has 1 heterocycles. The van der Waals surface area contributed by atoms with E-state index in [1.165, 1.54) is 0 Å². The van der Waals surface area contributed by atoms with E-state index in [-0.39, 0.29) is 11.6 Å². The van der Waals surface area contributed by atoms with Gasteiger partial charge in [-0.2, -0.15) is 0 Å². The SMILES string of the molecule is N[C@@H]1C[C@@H](Cl)Oc2ccccc21. The van der Waals surface area contributed by atoms with Crippen molar-refractivity contribution in [1.29, 1.82) is 0 Å². The van der Waals surface area contributed by atoms with Crippen LogP contribution in [0.4, 0.5) is 0 Å². The van der Waals surface area contributed by atoms with Crippen molar-refractivity contribution < 1.29 is 4.74 Å². The second kappa shape index (κ2) is 2.96. The monoisotopic (exact) mass is 183 g/mol. The van der Waals surface area contributed by atoms with Crippen LogP contribution in [0.5, 0.6) is 5.75 Å². The topological polar surface area (TPSA) is 35.2 Å². The molecule has 0 aromatic heterocycles. The summed E-state index contributed by atoms with van der Waals surface area (Å²) in [6.07, 6.45) is 0.679. The maximum Gasteiger partial charge on any atom is 0.174 e. The predicted octanol–water partition coefficient (Wildman–Crippen LogP) is 2.03. The van der Waals surface area contributed by atoms with Gasteiger partial charge in [-0.15, -0.1) is 0 Å². The molecule has 0 amide bonds. The van der Waals surface area contributed by atoms with E-state index in [0.717, 1.165) is 11.3 Å². The maximum atomic E-state index is 5.87. The Hall–Kier alpha value is -0.730.